The van der Waals surface area contributed by atoms with Crippen LogP contribution in [0.2, 0.25) is 0 Å². The molecule has 5 atom stereocenters. The van der Waals surface area contributed by atoms with Gasteiger partial charge in [0.25, 0.3) is 0 Å². The third kappa shape index (κ3) is 10.1. The van der Waals surface area contributed by atoms with Crippen LogP contribution in [0.3, 0.4) is 0 Å². The molecule has 0 spiro atoms. The smallest absolute Gasteiger partial charge is 0.383 e. The fourth-order valence-electron chi connectivity index (χ4n) is 4.82. The van der Waals surface area contributed by atoms with Crippen molar-refractivity contribution >= 4 is 34.8 Å². The van der Waals surface area contributed by atoms with Crippen molar-refractivity contribution in [1.82, 2.24) is 0 Å². The molecule has 0 bridgehead atoms. The number of hydrogen-bond acceptors (Lipinski definition) is 14. The van der Waals surface area contributed by atoms with E-state index < -0.39 is 72.6 Å². The lowest BCUT2D eigenvalue weighted by atomic mass is 9.98. The standard InChI is InChI=1S/C31H40O14/c1-6-7-8-9-10-11-14-38-27-25(36)22-13-12-21(15-23(22)44-30(27)37)43-31-29(42-20(5)35)28(41-19(4)34)26(40-18(3)33)24(45-31)16-39-17(2)32/h12-13,15,24,26,28-29,31,36H,6-11,14,16H2,1-5H3/t24-,26-,28+,29-,31-/m1/s1. The second-order valence-corrected chi connectivity index (χ2v) is 10.5. The Bertz CT molecular complexity index is 1400. The van der Waals surface area contributed by atoms with E-state index in [4.69, 9.17) is 37.6 Å². The van der Waals surface area contributed by atoms with Crippen molar-refractivity contribution in [2.45, 2.75) is 104 Å². The van der Waals surface area contributed by atoms with E-state index in [0.717, 1.165) is 59.8 Å². The molecule has 2 heterocycles. The summed E-state index contributed by atoms with van der Waals surface area (Å²) in [6.07, 6.45) is -0.829. The van der Waals surface area contributed by atoms with Gasteiger partial charge in [-0.1, -0.05) is 39.0 Å². The zero-order valence-electron chi connectivity index (χ0n) is 26.0. The summed E-state index contributed by atoms with van der Waals surface area (Å²) in [7, 11) is 0. The van der Waals surface area contributed by atoms with Crippen molar-refractivity contribution in [3.63, 3.8) is 0 Å². The van der Waals surface area contributed by atoms with Crippen LogP contribution >= 0.6 is 0 Å². The number of unbranched alkanes of at least 4 members (excludes halogenated alkanes) is 5. The van der Waals surface area contributed by atoms with Crippen LogP contribution in [0, 0.1) is 0 Å². The quantitative estimate of drug-likeness (QED) is 0.129. The number of fused-ring (bicyclic) bond motifs is 1. The summed E-state index contributed by atoms with van der Waals surface area (Å²) in [5.74, 6) is -3.68. The average molecular weight is 637 g/mol. The Morgan fingerprint density at radius 2 is 1.44 bits per heavy atom. The Kier molecular flexibility index (Phi) is 13.0. The number of esters is 4. The van der Waals surface area contributed by atoms with Gasteiger partial charge in [0.15, 0.2) is 18.0 Å². The van der Waals surface area contributed by atoms with E-state index in [1.54, 1.807) is 0 Å². The predicted molar refractivity (Wildman–Crippen MR) is 156 cm³/mol. The first kappa shape index (κ1) is 35.2. The summed E-state index contributed by atoms with van der Waals surface area (Å²) in [6.45, 7) is 6.42. The maximum absolute atomic E-state index is 12.7. The summed E-state index contributed by atoms with van der Waals surface area (Å²) in [5, 5.41) is 10.9. The molecule has 0 amide bonds. The number of rotatable bonds is 15. The normalized spacial score (nSPS) is 21.0. The molecular weight excluding hydrogens is 596 g/mol. The molecule has 1 fully saturated rings. The van der Waals surface area contributed by atoms with E-state index in [0.29, 0.717) is 6.42 Å². The highest BCUT2D eigenvalue weighted by Crippen LogP contribution is 2.35. The van der Waals surface area contributed by atoms with E-state index in [-0.39, 0.29) is 29.1 Å². The molecule has 14 nitrogen and oxygen atoms in total. The van der Waals surface area contributed by atoms with E-state index >= 15 is 0 Å². The van der Waals surface area contributed by atoms with Crippen molar-refractivity contribution in [3.8, 4) is 17.2 Å². The minimum absolute atomic E-state index is 0.0340. The number of aromatic hydroxyl groups is 1. The summed E-state index contributed by atoms with van der Waals surface area (Å²) in [4.78, 5) is 60.2. The molecule has 0 radical (unpaired) electrons. The maximum Gasteiger partial charge on any atom is 0.383 e. The lowest BCUT2D eigenvalue weighted by molar-refractivity contribution is -0.288. The second kappa shape index (κ2) is 16.7. The zero-order chi connectivity index (χ0) is 33.1. The molecule has 248 valence electrons. The second-order valence-electron chi connectivity index (χ2n) is 10.5. The molecule has 3 rings (SSSR count). The van der Waals surface area contributed by atoms with Gasteiger partial charge in [-0.15, -0.1) is 0 Å². The van der Waals surface area contributed by atoms with Gasteiger partial charge in [-0.3, -0.25) is 19.2 Å². The van der Waals surface area contributed by atoms with Crippen LogP contribution in [0.4, 0.5) is 0 Å². The SMILES string of the molecule is CCCCCCCCOc1c(O)c2ccc(O[C@@H]3O[C@H](COC(C)=O)[C@@H](OC(C)=O)[C@H](OC(C)=O)[C@H]3OC(C)=O)cc2oc1=O. The molecule has 1 saturated heterocycles. The average Bonchev–Trinajstić information content (AvgIpc) is 2.95. The summed E-state index contributed by atoms with van der Waals surface area (Å²) >= 11 is 0. The molecule has 1 N–H and O–H groups in total. The Labute approximate surface area is 259 Å². The first-order chi connectivity index (χ1) is 21.4. The number of carbonyl (C=O) groups is 4. The molecule has 14 heteroatoms. The van der Waals surface area contributed by atoms with Gasteiger partial charge in [0.2, 0.25) is 18.1 Å². The minimum Gasteiger partial charge on any atom is -0.504 e. The summed E-state index contributed by atoms with van der Waals surface area (Å²) in [5.41, 5.74) is -0.942. The Hall–Kier alpha value is -4.33. The van der Waals surface area contributed by atoms with Crippen LogP contribution in [0.5, 0.6) is 17.2 Å². The first-order valence-corrected chi connectivity index (χ1v) is 14.8. The fourth-order valence-corrected chi connectivity index (χ4v) is 4.82. The Balaban J connectivity index is 1.89. The molecule has 0 unspecified atom stereocenters. The zero-order valence-corrected chi connectivity index (χ0v) is 26.0. The molecule has 0 saturated carbocycles. The van der Waals surface area contributed by atoms with Crippen molar-refractivity contribution in [2.24, 2.45) is 0 Å². The van der Waals surface area contributed by atoms with E-state index in [2.05, 4.69) is 6.92 Å². The molecule has 1 aliphatic rings. The molecule has 1 aromatic heterocycles. The Morgan fingerprint density at radius 3 is 2.09 bits per heavy atom. The number of benzene rings is 1. The Morgan fingerprint density at radius 1 is 0.822 bits per heavy atom. The van der Waals surface area contributed by atoms with Crippen molar-refractivity contribution in [2.75, 3.05) is 13.2 Å². The maximum atomic E-state index is 12.7. The molecule has 1 aliphatic heterocycles. The van der Waals surface area contributed by atoms with E-state index in [1.165, 1.54) is 18.2 Å². The summed E-state index contributed by atoms with van der Waals surface area (Å²) < 4.78 is 44.0. The number of ether oxygens (including phenoxy) is 7. The first-order valence-electron chi connectivity index (χ1n) is 14.8. The highest BCUT2D eigenvalue weighted by atomic mass is 16.7. The molecule has 2 aromatic rings. The van der Waals surface area contributed by atoms with E-state index in [9.17, 15) is 29.1 Å². The molecule has 1 aromatic carbocycles. The predicted octanol–water partition coefficient (Wildman–Crippen LogP) is 3.70. The van der Waals surface area contributed by atoms with Crippen LogP contribution in [0.15, 0.2) is 27.4 Å². The molecule has 0 aliphatic carbocycles. The summed E-state index contributed by atoms with van der Waals surface area (Å²) in [6, 6.07) is 4.14. The highest BCUT2D eigenvalue weighted by Gasteiger charge is 2.53. The minimum atomic E-state index is -1.50. The fraction of sp³-hybridized carbons (Fsp3) is 0.581. The third-order valence-corrected chi connectivity index (χ3v) is 6.76. The van der Waals surface area contributed by atoms with Gasteiger partial charge >= 0.3 is 29.5 Å². The number of carbonyl (C=O) groups excluding carboxylic acids is 4. The van der Waals surface area contributed by atoms with Crippen molar-refractivity contribution in [3.05, 3.63) is 28.6 Å². The van der Waals surface area contributed by atoms with Crippen molar-refractivity contribution < 1.29 is 61.9 Å². The van der Waals surface area contributed by atoms with Gasteiger partial charge in [0.05, 0.1) is 12.0 Å². The monoisotopic (exact) mass is 636 g/mol. The van der Waals surface area contributed by atoms with Gasteiger partial charge in [0.1, 0.15) is 24.0 Å². The molecular formula is C31H40O14. The topological polar surface area (TPSA) is 183 Å². The van der Waals surface area contributed by atoms with Gasteiger partial charge in [-0.05, 0) is 18.6 Å². The van der Waals surface area contributed by atoms with Crippen molar-refractivity contribution in [1.29, 1.82) is 0 Å². The van der Waals surface area contributed by atoms with Crippen LogP contribution in [-0.4, -0.2) is 72.9 Å². The van der Waals surface area contributed by atoms with Gasteiger partial charge in [-0.25, -0.2) is 4.79 Å². The van der Waals surface area contributed by atoms with Gasteiger partial charge in [0, 0.05) is 33.8 Å². The van der Waals surface area contributed by atoms with Gasteiger partial charge in [-0.2, -0.15) is 0 Å². The van der Waals surface area contributed by atoms with Gasteiger partial charge < -0.3 is 42.7 Å². The lowest BCUT2D eigenvalue weighted by Gasteiger charge is -2.43. The molecule has 45 heavy (non-hydrogen) atoms. The third-order valence-electron chi connectivity index (χ3n) is 6.76. The number of hydrogen-bond donors (Lipinski definition) is 1. The van der Waals surface area contributed by atoms with Crippen LogP contribution < -0.4 is 15.1 Å². The largest absolute Gasteiger partial charge is 0.504 e. The van der Waals surface area contributed by atoms with E-state index in [1.807, 2.05) is 0 Å². The van der Waals surface area contributed by atoms with Crippen LogP contribution in [0.1, 0.15) is 73.1 Å². The highest BCUT2D eigenvalue weighted by molar-refractivity contribution is 5.86. The lowest BCUT2D eigenvalue weighted by Crippen LogP contribution is -2.63. The van der Waals surface area contributed by atoms with Crippen LogP contribution in [-0.2, 0) is 42.9 Å². The van der Waals surface area contributed by atoms with Crippen LogP contribution in [0.25, 0.3) is 11.0 Å².